The molecule has 0 aromatic rings. The maximum atomic E-state index is 11.3. The Hall–Kier alpha value is 0.370. The van der Waals surface area contributed by atoms with Crippen molar-refractivity contribution in [2.75, 3.05) is 6.26 Å². The van der Waals surface area contributed by atoms with E-state index in [2.05, 4.69) is 0 Å². The lowest BCUT2D eigenvalue weighted by Gasteiger charge is -2.11. The first-order chi connectivity index (χ1) is 4.34. The lowest BCUT2D eigenvalue weighted by atomic mass is 11.6. The molecule has 2 atom stereocenters. The first-order valence-corrected chi connectivity index (χ1v) is 4.63. The summed E-state index contributed by atoms with van der Waals surface area (Å²) in [5.41, 5.74) is -4.84. The second kappa shape index (κ2) is 3.67. The third kappa shape index (κ3) is 4.23. The van der Waals surface area contributed by atoms with Crippen LogP contribution in [-0.2, 0) is 22.7 Å². The van der Waals surface area contributed by atoms with E-state index in [0.717, 1.165) is 6.26 Å². The predicted octanol–water partition coefficient (Wildman–Crippen LogP) is 0.0530. The predicted molar refractivity (Wildman–Crippen MR) is 31.4 cm³/mol. The van der Waals surface area contributed by atoms with E-state index in [-0.39, 0.29) is 0 Å². The topological polar surface area (TPSA) is 58.1 Å². The molecule has 0 bridgehead atoms. The molecule has 8 heteroatoms. The first-order valence-electron chi connectivity index (χ1n) is 1.92. The monoisotopic (exact) mass is 195 g/mol. The van der Waals surface area contributed by atoms with Crippen molar-refractivity contribution < 1.29 is 22.3 Å². The van der Waals surface area contributed by atoms with E-state index in [1.807, 2.05) is 0 Å². The van der Waals surface area contributed by atoms with Crippen molar-refractivity contribution in [3.63, 3.8) is 0 Å². The normalized spacial score (nSPS) is 18.6. The molecule has 0 aromatic carbocycles. The Morgan fingerprint density at radius 3 is 1.80 bits per heavy atom. The summed E-state index contributed by atoms with van der Waals surface area (Å²) in [5.74, 6) is 0. The summed E-state index contributed by atoms with van der Waals surface area (Å²) in [6.07, 6.45) is 0.962. The van der Waals surface area contributed by atoms with Gasteiger partial charge in [0.2, 0.25) is 11.4 Å². The van der Waals surface area contributed by atoms with E-state index in [9.17, 15) is 22.3 Å². The van der Waals surface area contributed by atoms with Crippen LogP contribution in [-0.4, -0.2) is 20.9 Å². The van der Waals surface area contributed by atoms with Gasteiger partial charge in [-0.2, -0.15) is 0 Å². The molecule has 0 aliphatic heterocycles. The summed E-state index contributed by atoms with van der Waals surface area (Å²) < 4.78 is 55.2. The molecule has 2 unspecified atom stereocenters. The Bertz CT molecular complexity index is 107. The van der Waals surface area contributed by atoms with Crippen molar-refractivity contribution in [1.82, 2.24) is 4.13 Å². The molecule has 0 spiro atoms. The Morgan fingerprint density at radius 2 is 1.70 bits per heavy atom. The van der Waals surface area contributed by atoms with Crippen LogP contribution in [0.25, 0.3) is 0 Å². The van der Waals surface area contributed by atoms with Gasteiger partial charge in [0.15, 0.2) is 0 Å². The van der Waals surface area contributed by atoms with Crippen LogP contribution in [0.4, 0.5) is 13.2 Å². The van der Waals surface area contributed by atoms with Crippen molar-refractivity contribution in [3.8, 4) is 0 Å². The van der Waals surface area contributed by atoms with E-state index < -0.39 is 28.2 Å². The Balaban J connectivity index is 3.73. The van der Waals surface area contributed by atoms with Crippen molar-refractivity contribution in [2.45, 2.75) is 5.51 Å². The van der Waals surface area contributed by atoms with E-state index in [1.165, 1.54) is 4.13 Å². The molecule has 0 saturated carbocycles. The van der Waals surface area contributed by atoms with Gasteiger partial charge in [0.25, 0.3) is 0 Å². The molecule has 0 aliphatic rings. The van der Waals surface area contributed by atoms with Gasteiger partial charge in [-0.1, -0.05) is 0 Å². The van der Waals surface area contributed by atoms with Gasteiger partial charge in [-0.05, 0) is 0 Å². The minimum atomic E-state index is -4.84. The molecule has 0 amide bonds. The molecule has 62 valence electrons. The number of hydrogen-bond acceptors (Lipinski definition) is 3. The number of rotatable bonds is 2. The fraction of sp³-hybridized carbons (Fsp3) is 1.00. The number of halogens is 3. The smallest absolute Gasteiger partial charge is 0.595 e. The van der Waals surface area contributed by atoms with Gasteiger partial charge in [-0.3, -0.25) is 0 Å². The van der Waals surface area contributed by atoms with Crippen LogP contribution >= 0.6 is 0 Å². The zero-order valence-corrected chi connectivity index (χ0v) is 6.40. The minimum absolute atomic E-state index is 0.962. The van der Waals surface area contributed by atoms with Gasteiger partial charge in [0, 0.05) is 4.13 Å². The van der Waals surface area contributed by atoms with Crippen LogP contribution in [0.1, 0.15) is 0 Å². The Morgan fingerprint density at radius 1 is 1.30 bits per heavy atom. The van der Waals surface area contributed by atoms with E-state index in [4.69, 9.17) is 0 Å². The SMILES string of the molecule is C[S+]([O-])N[S+]([O-])C(F)(F)F. The summed E-state index contributed by atoms with van der Waals surface area (Å²) in [4.78, 5) is 0. The third-order valence-electron chi connectivity index (χ3n) is 0.403. The van der Waals surface area contributed by atoms with Gasteiger partial charge in [-0.15, -0.1) is 13.2 Å². The second-order valence-electron chi connectivity index (χ2n) is 1.25. The minimum Gasteiger partial charge on any atom is -0.595 e. The van der Waals surface area contributed by atoms with Gasteiger partial charge in [0.1, 0.15) is 6.26 Å². The van der Waals surface area contributed by atoms with E-state index >= 15 is 0 Å². The van der Waals surface area contributed by atoms with Crippen LogP contribution in [0.5, 0.6) is 0 Å². The fourth-order valence-corrected chi connectivity index (χ4v) is 1.38. The second-order valence-corrected chi connectivity index (χ2v) is 3.83. The van der Waals surface area contributed by atoms with Gasteiger partial charge in [-0.25, -0.2) is 0 Å². The average Bonchev–Trinajstić information content (AvgIpc) is 1.60. The molecule has 3 nitrogen and oxygen atoms in total. The van der Waals surface area contributed by atoms with Gasteiger partial charge < -0.3 is 9.11 Å². The van der Waals surface area contributed by atoms with Crippen LogP contribution in [0.15, 0.2) is 0 Å². The zero-order chi connectivity index (χ0) is 8.36. The molecule has 1 N–H and O–H groups in total. The highest BCUT2D eigenvalue weighted by atomic mass is 32.3. The Labute approximate surface area is 61.6 Å². The highest BCUT2D eigenvalue weighted by Crippen LogP contribution is 2.21. The standard InChI is InChI=1S/C2H4F3NO2S2/c1-9(7)6-10(8)2(3,4)5/h6H,1H3. The van der Waals surface area contributed by atoms with Crippen LogP contribution in [0.3, 0.4) is 0 Å². The lowest BCUT2D eigenvalue weighted by molar-refractivity contribution is -0.0440. The molecule has 0 rings (SSSR count). The molecule has 0 radical (unpaired) electrons. The summed E-state index contributed by atoms with van der Waals surface area (Å²) >= 11 is -5.13. The zero-order valence-electron chi connectivity index (χ0n) is 4.77. The van der Waals surface area contributed by atoms with Gasteiger partial charge in [0.05, 0.1) is 11.4 Å². The molecule has 0 fully saturated rings. The number of nitrogens with one attached hydrogen (secondary N) is 1. The maximum Gasteiger partial charge on any atom is 0.597 e. The van der Waals surface area contributed by atoms with Crippen LogP contribution in [0, 0.1) is 0 Å². The highest BCUT2D eigenvalue weighted by molar-refractivity contribution is 8.04. The summed E-state index contributed by atoms with van der Waals surface area (Å²) in [5, 5.41) is 0. The fourth-order valence-electron chi connectivity index (χ4n) is 0.154. The molecule has 0 aromatic heterocycles. The van der Waals surface area contributed by atoms with Crippen molar-refractivity contribution in [2.24, 2.45) is 0 Å². The molecule has 0 aliphatic carbocycles. The Kier molecular flexibility index (Phi) is 3.81. The molecular weight excluding hydrogens is 191 g/mol. The van der Waals surface area contributed by atoms with E-state index in [1.54, 1.807) is 0 Å². The number of alkyl halides is 3. The number of hydrogen-bond donors (Lipinski definition) is 1. The van der Waals surface area contributed by atoms with Crippen molar-refractivity contribution in [3.05, 3.63) is 0 Å². The van der Waals surface area contributed by atoms with Crippen molar-refractivity contribution in [1.29, 1.82) is 0 Å². The van der Waals surface area contributed by atoms with Crippen LogP contribution < -0.4 is 4.13 Å². The van der Waals surface area contributed by atoms with Crippen LogP contribution in [0.2, 0.25) is 0 Å². The lowest BCUT2D eigenvalue weighted by Crippen LogP contribution is -2.39. The van der Waals surface area contributed by atoms with Crippen molar-refractivity contribution >= 4 is 22.7 Å². The quantitative estimate of drug-likeness (QED) is 0.633. The first kappa shape index (κ1) is 10.4. The van der Waals surface area contributed by atoms with Gasteiger partial charge >= 0.3 is 5.51 Å². The summed E-state index contributed by atoms with van der Waals surface area (Å²) in [7, 11) is 0. The summed E-state index contributed by atoms with van der Waals surface area (Å²) in [6, 6.07) is 0. The molecular formula is C2H4F3NO2S2. The third-order valence-corrected chi connectivity index (χ3v) is 2.37. The van der Waals surface area contributed by atoms with E-state index in [0.29, 0.717) is 0 Å². The molecule has 10 heavy (non-hydrogen) atoms. The summed E-state index contributed by atoms with van der Waals surface area (Å²) in [6.45, 7) is 0. The maximum absolute atomic E-state index is 11.3. The largest absolute Gasteiger partial charge is 0.597 e. The average molecular weight is 195 g/mol. The molecule has 0 heterocycles. The highest BCUT2D eigenvalue weighted by Gasteiger charge is 2.48. The molecule has 0 saturated heterocycles.